The van der Waals surface area contributed by atoms with Gasteiger partial charge in [-0.05, 0) is 95.8 Å². The molecule has 4 N–H and O–H groups in total. The molecule has 4 rings (SSSR count). The van der Waals surface area contributed by atoms with E-state index in [-0.39, 0.29) is 59.5 Å². The minimum Gasteiger partial charge on any atom is -0.508 e. The number of benzene rings is 4. The van der Waals surface area contributed by atoms with Crippen LogP contribution in [0.2, 0.25) is 0 Å². The fraction of sp³-hybridized carbons (Fsp3) is 0.211. The Morgan fingerprint density at radius 2 is 0.958 bits per heavy atom. The van der Waals surface area contributed by atoms with E-state index in [2.05, 4.69) is 0 Å². The van der Waals surface area contributed by atoms with E-state index in [9.17, 15) is 30.0 Å². The Morgan fingerprint density at radius 1 is 0.583 bits per heavy atom. The van der Waals surface area contributed by atoms with Crippen molar-refractivity contribution in [2.75, 3.05) is 27.4 Å². The number of rotatable bonds is 15. The van der Waals surface area contributed by atoms with E-state index in [1.165, 1.54) is 62.8 Å². The SMILES string of the molecule is COc1cc(C[C@@H](COC(=O)/C=C\c2ccc(O)cc2)[C@H](COC(=O)/C=C/c2ccc(O)cc2)Cc2ccc(O)c(OC)c2)ccc1O. The zero-order chi connectivity index (χ0) is 34.5. The van der Waals surface area contributed by atoms with Crippen LogP contribution in [0.5, 0.6) is 34.5 Å². The van der Waals surface area contributed by atoms with Gasteiger partial charge in [-0.25, -0.2) is 9.59 Å². The molecule has 0 bridgehead atoms. The Bertz CT molecular complexity index is 1600. The maximum Gasteiger partial charge on any atom is 0.330 e. The van der Waals surface area contributed by atoms with Crippen molar-refractivity contribution >= 4 is 24.1 Å². The van der Waals surface area contributed by atoms with Gasteiger partial charge < -0.3 is 39.4 Å². The topological polar surface area (TPSA) is 152 Å². The summed E-state index contributed by atoms with van der Waals surface area (Å²) in [5.41, 5.74) is 2.97. The summed E-state index contributed by atoms with van der Waals surface area (Å²) in [4.78, 5) is 25.7. The minimum atomic E-state index is -0.588. The van der Waals surface area contributed by atoms with Gasteiger partial charge in [-0.15, -0.1) is 0 Å². The number of aromatic hydroxyl groups is 4. The number of phenols is 4. The number of carbonyl (C=O) groups is 2. The van der Waals surface area contributed by atoms with Crippen molar-refractivity contribution in [2.24, 2.45) is 11.8 Å². The second-order valence-corrected chi connectivity index (χ2v) is 11.1. The molecule has 10 nitrogen and oxygen atoms in total. The van der Waals surface area contributed by atoms with Gasteiger partial charge in [0.15, 0.2) is 23.0 Å². The van der Waals surface area contributed by atoms with Crippen molar-refractivity contribution in [1.82, 2.24) is 0 Å². The maximum absolute atomic E-state index is 12.8. The summed E-state index contributed by atoms with van der Waals surface area (Å²) >= 11 is 0. The molecule has 4 aromatic rings. The molecule has 0 unspecified atom stereocenters. The first-order chi connectivity index (χ1) is 23.1. The Morgan fingerprint density at radius 3 is 1.31 bits per heavy atom. The van der Waals surface area contributed by atoms with Crippen LogP contribution in [-0.2, 0) is 31.9 Å². The van der Waals surface area contributed by atoms with Gasteiger partial charge in [-0.3, -0.25) is 0 Å². The zero-order valence-corrected chi connectivity index (χ0v) is 26.6. The number of ether oxygens (including phenoxy) is 4. The first-order valence-corrected chi connectivity index (χ1v) is 15.1. The van der Waals surface area contributed by atoms with E-state index in [1.54, 1.807) is 60.7 Å². The maximum atomic E-state index is 12.8. The van der Waals surface area contributed by atoms with Gasteiger partial charge in [0, 0.05) is 24.0 Å². The lowest BCUT2D eigenvalue weighted by molar-refractivity contribution is -0.143. The molecule has 0 aliphatic rings. The van der Waals surface area contributed by atoms with Gasteiger partial charge in [0.2, 0.25) is 0 Å². The fourth-order valence-corrected chi connectivity index (χ4v) is 5.00. The van der Waals surface area contributed by atoms with E-state index < -0.39 is 11.9 Å². The third-order valence-corrected chi connectivity index (χ3v) is 7.64. The Kier molecular flexibility index (Phi) is 12.5. The second-order valence-electron chi connectivity index (χ2n) is 11.1. The number of methoxy groups -OCH3 is 2. The monoisotopic (exact) mass is 654 g/mol. The Hall–Kier alpha value is -5.90. The standard InChI is InChI=1S/C38H38O10/c1-45-35-21-27(7-15-33(35)41)19-29(23-47-37(43)17-9-25-3-11-31(39)12-4-25)30(20-28-8-16-34(42)36(22-28)46-2)24-48-38(44)18-10-26-5-13-32(40)14-6-26/h3-18,21-22,29-30,39-42H,19-20,23-24H2,1-2H3/b17-9-,18-10+/t29-,30-/m0/s1. The number of carbonyl (C=O) groups excluding carboxylic acids is 2. The summed E-state index contributed by atoms with van der Waals surface area (Å²) in [7, 11) is 2.90. The number of esters is 2. The Balaban J connectivity index is 1.59. The van der Waals surface area contributed by atoms with E-state index >= 15 is 0 Å². The molecule has 10 heteroatoms. The van der Waals surface area contributed by atoms with E-state index in [0.29, 0.717) is 24.0 Å². The summed E-state index contributed by atoms with van der Waals surface area (Å²) < 4.78 is 22.0. The highest BCUT2D eigenvalue weighted by Gasteiger charge is 2.26. The molecule has 2 atom stereocenters. The van der Waals surface area contributed by atoms with Crippen LogP contribution in [-0.4, -0.2) is 59.8 Å². The smallest absolute Gasteiger partial charge is 0.330 e. The van der Waals surface area contributed by atoms with Crippen molar-refractivity contribution in [3.05, 3.63) is 119 Å². The van der Waals surface area contributed by atoms with Gasteiger partial charge in [-0.1, -0.05) is 36.4 Å². The average Bonchev–Trinajstić information content (AvgIpc) is 3.09. The number of hydrogen-bond acceptors (Lipinski definition) is 10. The van der Waals surface area contributed by atoms with Crippen LogP contribution in [0.1, 0.15) is 22.3 Å². The van der Waals surface area contributed by atoms with Gasteiger partial charge in [0.05, 0.1) is 27.4 Å². The summed E-state index contributed by atoms with van der Waals surface area (Å²) in [6.45, 7) is -0.0779. The van der Waals surface area contributed by atoms with E-state index in [4.69, 9.17) is 18.9 Å². The van der Waals surface area contributed by atoms with Gasteiger partial charge in [0.1, 0.15) is 11.5 Å². The number of hydrogen-bond donors (Lipinski definition) is 4. The van der Waals surface area contributed by atoms with Gasteiger partial charge in [0.25, 0.3) is 0 Å². The van der Waals surface area contributed by atoms with E-state index in [0.717, 1.165) is 11.1 Å². The normalized spacial score (nSPS) is 12.5. The first kappa shape index (κ1) is 35.0. The van der Waals surface area contributed by atoms with Crippen molar-refractivity contribution < 1.29 is 49.0 Å². The number of phenolic OH excluding ortho intramolecular Hbond substituents is 4. The molecule has 0 spiro atoms. The summed E-state index contributed by atoms with van der Waals surface area (Å²) in [5, 5.41) is 39.3. The molecule has 0 fully saturated rings. The molecular weight excluding hydrogens is 616 g/mol. The quantitative estimate of drug-likeness (QED) is 0.0880. The lowest BCUT2D eigenvalue weighted by Gasteiger charge is -2.27. The summed E-state index contributed by atoms with van der Waals surface area (Å²) in [6.07, 6.45) is 6.47. The van der Waals surface area contributed by atoms with Crippen molar-refractivity contribution in [1.29, 1.82) is 0 Å². The third kappa shape index (κ3) is 10.6. The van der Waals surface area contributed by atoms with Gasteiger partial charge in [-0.2, -0.15) is 0 Å². The second kappa shape index (κ2) is 17.1. The lowest BCUT2D eigenvalue weighted by Crippen LogP contribution is -2.30. The van der Waals surface area contributed by atoms with Crippen molar-refractivity contribution in [3.63, 3.8) is 0 Å². The van der Waals surface area contributed by atoms with E-state index in [1.807, 2.05) is 0 Å². The van der Waals surface area contributed by atoms with Crippen molar-refractivity contribution in [3.8, 4) is 34.5 Å². The molecule has 4 aromatic carbocycles. The zero-order valence-electron chi connectivity index (χ0n) is 26.6. The van der Waals surface area contributed by atoms with Crippen LogP contribution in [0.15, 0.2) is 97.1 Å². The lowest BCUT2D eigenvalue weighted by atomic mass is 9.83. The van der Waals surface area contributed by atoms with Crippen LogP contribution in [0.3, 0.4) is 0 Å². The molecule has 48 heavy (non-hydrogen) atoms. The molecule has 0 heterocycles. The van der Waals surface area contributed by atoms with Crippen LogP contribution in [0, 0.1) is 11.8 Å². The predicted molar refractivity (Wildman–Crippen MR) is 180 cm³/mol. The molecule has 0 amide bonds. The molecule has 0 saturated heterocycles. The Labute approximate surface area is 278 Å². The van der Waals surface area contributed by atoms with Crippen molar-refractivity contribution in [2.45, 2.75) is 12.8 Å². The molecule has 0 saturated carbocycles. The summed E-state index contributed by atoms with van der Waals surface area (Å²) in [5.74, 6) is -1.22. The minimum absolute atomic E-state index is 0.0225. The van der Waals surface area contributed by atoms with Crippen LogP contribution < -0.4 is 9.47 Å². The van der Waals surface area contributed by atoms with Crippen LogP contribution in [0.4, 0.5) is 0 Å². The largest absolute Gasteiger partial charge is 0.508 e. The molecule has 0 aliphatic carbocycles. The molecule has 0 aliphatic heterocycles. The summed E-state index contributed by atoms with van der Waals surface area (Å²) in [6, 6.07) is 22.6. The molecular formula is C38H38O10. The highest BCUT2D eigenvalue weighted by Crippen LogP contribution is 2.32. The molecule has 0 radical (unpaired) electrons. The fourth-order valence-electron chi connectivity index (χ4n) is 5.00. The molecule has 0 aromatic heterocycles. The van der Waals surface area contributed by atoms with Gasteiger partial charge >= 0.3 is 11.9 Å². The van der Waals surface area contributed by atoms with Crippen LogP contribution >= 0.6 is 0 Å². The first-order valence-electron chi connectivity index (χ1n) is 15.1. The predicted octanol–water partition coefficient (Wildman–Crippen LogP) is 6.06. The van der Waals surface area contributed by atoms with Crippen LogP contribution in [0.25, 0.3) is 12.2 Å². The highest BCUT2D eigenvalue weighted by atomic mass is 16.5. The highest BCUT2D eigenvalue weighted by molar-refractivity contribution is 5.87. The third-order valence-electron chi connectivity index (χ3n) is 7.64. The molecule has 250 valence electrons. The average molecular weight is 655 g/mol.